The number of nitrogens with zero attached hydrogens (tertiary/aromatic N) is 2. The number of anilines is 4. The first-order valence-corrected chi connectivity index (χ1v) is 16.2. The zero-order valence-corrected chi connectivity index (χ0v) is 28.5. The Morgan fingerprint density at radius 1 is 0.422 bits per heavy atom. The topological polar surface area (TPSA) is 23.6 Å². The molecule has 0 fully saturated rings. The molecule has 0 bridgehead atoms. The van der Waals surface area contributed by atoms with Crippen LogP contribution in [0.1, 0.15) is 65.7 Å². The van der Waals surface area contributed by atoms with E-state index in [0.717, 1.165) is 28.3 Å². The smallest absolute Gasteiger partial charge is 0.182 e. The van der Waals surface area contributed by atoms with Crippen molar-refractivity contribution in [2.24, 2.45) is 0 Å². The molecule has 0 saturated heterocycles. The lowest BCUT2D eigenvalue weighted by Crippen LogP contribution is -2.25. The molecule has 0 atom stereocenters. The van der Waals surface area contributed by atoms with E-state index in [1.54, 1.807) is 4.90 Å². The Morgan fingerprint density at radius 3 is 0.933 bits per heavy atom. The normalized spacial score (nSPS) is 8.82. The van der Waals surface area contributed by atoms with Gasteiger partial charge < -0.3 is 9.80 Å². The maximum absolute atomic E-state index is 13.0. The fourth-order valence-electron chi connectivity index (χ4n) is 3.91. The third-order valence-corrected chi connectivity index (χ3v) is 5.79. The summed E-state index contributed by atoms with van der Waals surface area (Å²) in [5.74, 6) is 0.105. The third-order valence-electron chi connectivity index (χ3n) is 5.79. The quantitative estimate of drug-likeness (QED) is 0.129. The van der Waals surface area contributed by atoms with Gasteiger partial charge >= 0.3 is 0 Å². The molecular formula is C41H53FN2O. The van der Waals surface area contributed by atoms with Crippen LogP contribution >= 0.6 is 0 Å². The van der Waals surface area contributed by atoms with Gasteiger partial charge in [-0.25, -0.2) is 4.39 Å². The zero-order valence-electron chi connectivity index (χ0n) is 28.5. The molecule has 0 saturated carbocycles. The van der Waals surface area contributed by atoms with Crippen molar-refractivity contribution in [2.75, 3.05) is 23.1 Å². The van der Waals surface area contributed by atoms with Crippen LogP contribution in [0, 0.1) is 0 Å². The van der Waals surface area contributed by atoms with Gasteiger partial charge in [-0.05, 0) is 48.5 Å². The molecule has 5 rings (SSSR count). The molecule has 0 aliphatic rings. The summed E-state index contributed by atoms with van der Waals surface area (Å²) in [7, 11) is 0. The summed E-state index contributed by atoms with van der Waals surface area (Å²) in [6.45, 7) is 15.8. The Balaban J connectivity index is 0.000000735. The molecule has 0 N–H and O–H groups in total. The van der Waals surface area contributed by atoms with Crippen molar-refractivity contribution < 1.29 is 9.18 Å². The molecule has 0 amide bonds. The summed E-state index contributed by atoms with van der Waals surface area (Å²) in [5.41, 5.74) is 4.49. The van der Waals surface area contributed by atoms with Gasteiger partial charge in [-0.3, -0.25) is 4.79 Å². The van der Waals surface area contributed by atoms with Crippen LogP contribution in [0.15, 0.2) is 152 Å². The molecule has 5 aromatic rings. The van der Waals surface area contributed by atoms with Crippen molar-refractivity contribution in [2.45, 2.75) is 55.4 Å². The Morgan fingerprint density at radius 2 is 0.667 bits per heavy atom. The minimum atomic E-state index is -0.520. The third kappa shape index (κ3) is 14.6. The van der Waals surface area contributed by atoms with E-state index in [4.69, 9.17) is 0 Å². The van der Waals surface area contributed by atoms with E-state index < -0.39 is 6.80 Å². The highest BCUT2D eigenvalue weighted by atomic mass is 19.1. The predicted molar refractivity (Wildman–Crippen MR) is 197 cm³/mol. The Labute approximate surface area is 273 Å². The van der Waals surface area contributed by atoms with Crippen LogP contribution in [0.3, 0.4) is 0 Å². The molecule has 45 heavy (non-hydrogen) atoms. The van der Waals surface area contributed by atoms with E-state index in [1.165, 1.54) is 0 Å². The Hall–Kier alpha value is -4.70. The first-order valence-electron chi connectivity index (χ1n) is 16.2. The number of Topliss-reactive ketones (excluding diaryl/α,β-unsaturated/α-hetero) is 1. The number of para-hydroxylation sites is 4. The molecule has 240 valence electrons. The van der Waals surface area contributed by atoms with Crippen molar-refractivity contribution >= 4 is 28.5 Å². The molecule has 0 radical (unpaired) electrons. The minimum Gasteiger partial charge on any atom is -0.334 e. The molecule has 0 spiro atoms. The van der Waals surface area contributed by atoms with Crippen LogP contribution < -0.4 is 9.80 Å². The highest BCUT2D eigenvalue weighted by Gasteiger charge is 2.14. The largest absolute Gasteiger partial charge is 0.334 e. The molecule has 5 aromatic carbocycles. The van der Waals surface area contributed by atoms with Gasteiger partial charge in [-0.1, -0.05) is 159 Å². The highest BCUT2D eigenvalue weighted by molar-refractivity contribution is 6.00. The lowest BCUT2D eigenvalue weighted by Gasteiger charge is -2.24. The van der Waals surface area contributed by atoms with Gasteiger partial charge in [-0.15, -0.1) is 0 Å². The van der Waals surface area contributed by atoms with Crippen LogP contribution in [0.4, 0.5) is 27.1 Å². The average Bonchev–Trinajstić information content (AvgIpc) is 3.16. The number of alkyl halides is 1. The van der Waals surface area contributed by atoms with E-state index >= 15 is 0 Å². The molecule has 0 unspecified atom stereocenters. The molecule has 0 aliphatic heterocycles. The number of ketones is 1. The summed E-state index contributed by atoms with van der Waals surface area (Å²) < 4.78 is 13.0. The van der Waals surface area contributed by atoms with Crippen LogP contribution in [-0.2, 0) is 0 Å². The number of rotatable bonds is 8. The molecular weight excluding hydrogens is 555 g/mol. The van der Waals surface area contributed by atoms with Gasteiger partial charge in [0.05, 0.1) is 6.54 Å². The SMILES string of the molecule is CC.CC.CC.CC.FCN(c1ccccc1)c1ccccc1.O=C(CN(c1ccccc1)c1ccccc1)c1ccccc1. The number of hydrogen-bond acceptors (Lipinski definition) is 3. The van der Waals surface area contributed by atoms with E-state index in [2.05, 4.69) is 0 Å². The zero-order chi connectivity index (χ0) is 33.7. The number of carbonyl (C=O) groups is 1. The number of halogens is 1. The second-order valence-electron chi connectivity index (χ2n) is 8.27. The molecule has 0 aliphatic carbocycles. The first-order chi connectivity index (χ1) is 22.3. The standard InChI is InChI=1S/C20H17NO.C13H12FN.4C2H6/c22-20(17-10-4-1-5-11-17)16-21(18-12-6-2-7-13-18)19-14-8-3-9-15-19;14-11-15(12-7-3-1-4-8-12)13-9-5-2-6-10-13;4*1-2/h1-15H,16H2;1-10H,11H2;4*1-2H3. The molecule has 0 aromatic heterocycles. The highest BCUT2D eigenvalue weighted by Crippen LogP contribution is 2.26. The molecule has 0 heterocycles. The monoisotopic (exact) mass is 608 g/mol. The van der Waals surface area contributed by atoms with Gasteiger partial charge in [0.25, 0.3) is 0 Å². The average molecular weight is 609 g/mol. The van der Waals surface area contributed by atoms with Crippen molar-refractivity contribution in [3.63, 3.8) is 0 Å². The summed E-state index contributed by atoms with van der Waals surface area (Å²) in [4.78, 5) is 16.2. The van der Waals surface area contributed by atoms with Gasteiger partial charge in [0.1, 0.15) is 0 Å². The fraction of sp³-hybridized carbons (Fsp3) is 0.244. The number of hydrogen-bond donors (Lipinski definition) is 0. The van der Waals surface area contributed by atoms with Gasteiger partial charge in [0.15, 0.2) is 12.6 Å². The lowest BCUT2D eigenvalue weighted by atomic mass is 10.1. The van der Waals surface area contributed by atoms with Crippen LogP contribution in [0.25, 0.3) is 0 Å². The van der Waals surface area contributed by atoms with Crippen molar-refractivity contribution in [1.29, 1.82) is 0 Å². The summed E-state index contributed by atoms with van der Waals surface area (Å²) in [6, 6.07) is 48.4. The van der Waals surface area contributed by atoms with Gasteiger partial charge in [0.2, 0.25) is 0 Å². The van der Waals surface area contributed by atoms with Crippen molar-refractivity contribution in [3.8, 4) is 0 Å². The van der Waals surface area contributed by atoms with Crippen LogP contribution in [0.2, 0.25) is 0 Å². The number of carbonyl (C=O) groups excluding carboxylic acids is 1. The summed E-state index contributed by atoms with van der Waals surface area (Å²) in [5, 5.41) is 0. The second kappa shape index (κ2) is 26.9. The predicted octanol–water partition coefficient (Wildman–Crippen LogP) is 12.6. The second-order valence-corrected chi connectivity index (χ2v) is 8.27. The summed E-state index contributed by atoms with van der Waals surface area (Å²) in [6.07, 6.45) is 0. The molecule has 4 heteroatoms. The van der Waals surface area contributed by atoms with E-state index in [-0.39, 0.29) is 5.78 Å². The van der Waals surface area contributed by atoms with Gasteiger partial charge in [-0.2, -0.15) is 0 Å². The maximum Gasteiger partial charge on any atom is 0.182 e. The Kier molecular flexibility index (Phi) is 24.1. The van der Waals surface area contributed by atoms with Crippen LogP contribution in [-0.4, -0.2) is 19.1 Å². The minimum absolute atomic E-state index is 0.105. The van der Waals surface area contributed by atoms with Gasteiger partial charge in [0, 0.05) is 28.3 Å². The van der Waals surface area contributed by atoms with Crippen molar-refractivity contribution in [1.82, 2.24) is 0 Å². The van der Waals surface area contributed by atoms with E-state index in [1.807, 2.05) is 212 Å². The van der Waals surface area contributed by atoms with E-state index in [9.17, 15) is 9.18 Å². The van der Waals surface area contributed by atoms with Crippen molar-refractivity contribution in [3.05, 3.63) is 157 Å². The maximum atomic E-state index is 13.0. The Bertz CT molecular complexity index is 1250. The lowest BCUT2D eigenvalue weighted by molar-refractivity contribution is 0.100. The number of benzene rings is 5. The van der Waals surface area contributed by atoms with Crippen LogP contribution in [0.5, 0.6) is 0 Å². The van der Waals surface area contributed by atoms with E-state index in [0.29, 0.717) is 6.54 Å². The fourth-order valence-corrected chi connectivity index (χ4v) is 3.91. The first kappa shape index (κ1) is 40.3. The summed E-state index contributed by atoms with van der Waals surface area (Å²) >= 11 is 0. The molecule has 3 nitrogen and oxygen atoms in total.